The van der Waals surface area contributed by atoms with Crippen molar-refractivity contribution in [3.8, 4) is 11.3 Å². The third kappa shape index (κ3) is 1.95. The van der Waals surface area contributed by atoms with Gasteiger partial charge in [-0.2, -0.15) is 5.10 Å². The standard InChI is InChI=1S/C12H13N3O/c1-8-3-4-10(9(2)5-8)11-6-12(13-7-16)15-14-11/h3-7H,1-2H3,(H2,13,14,15,16). The predicted molar refractivity (Wildman–Crippen MR) is 63.2 cm³/mol. The number of rotatable bonds is 3. The average Bonchev–Trinajstić information content (AvgIpc) is 2.67. The molecule has 1 aromatic carbocycles. The Kier molecular flexibility index (Phi) is 2.72. The minimum absolute atomic E-state index is 0.532. The van der Waals surface area contributed by atoms with Gasteiger partial charge in [-0.05, 0) is 19.4 Å². The zero-order chi connectivity index (χ0) is 11.5. The molecule has 16 heavy (non-hydrogen) atoms. The Bertz CT molecular complexity index is 517. The molecule has 0 radical (unpaired) electrons. The van der Waals surface area contributed by atoms with Crippen molar-refractivity contribution in [2.75, 3.05) is 5.32 Å². The van der Waals surface area contributed by atoms with Crippen molar-refractivity contribution in [3.63, 3.8) is 0 Å². The first-order valence-corrected chi connectivity index (χ1v) is 5.04. The van der Waals surface area contributed by atoms with Crippen LogP contribution in [-0.2, 0) is 4.79 Å². The molecule has 1 aromatic heterocycles. The summed E-state index contributed by atoms with van der Waals surface area (Å²) in [7, 11) is 0. The summed E-state index contributed by atoms with van der Waals surface area (Å²) in [5.74, 6) is 0.532. The maximum atomic E-state index is 10.3. The zero-order valence-electron chi connectivity index (χ0n) is 9.24. The van der Waals surface area contributed by atoms with E-state index in [1.54, 1.807) is 0 Å². The number of carbonyl (C=O) groups is 1. The van der Waals surface area contributed by atoms with Gasteiger partial charge in [0.2, 0.25) is 6.41 Å². The third-order valence-electron chi connectivity index (χ3n) is 2.46. The molecule has 0 saturated carbocycles. The molecule has 1 amide bonds. The van der Waals surface area contributed by atoms with Gasteiger partial charge < -0.3 is 5.32 Å². The van der Waals surface area contributed by atoms with Gasteiger partial charge in [-0.25, -0.2) is 0 Å². The van der Waals surface area contributed by atoms with E-state index in [2.05, 4.69) is 41.5 Å². The minimum atomic E-state index is 0.532. The highest BCUT2D eigenvalue weighted by Crippen LogP contribution is 2.23. The van der Waals surface area contributed by atoms with Gasteiger partial charge >= 0.3 is 0 Å². The molecule has 2 aromatic rings. The van der Waals surface area contributed by atoms with Crippen LogP contribution in [0.2, 0.25) is 0 Å². The molecule has 0 aliphatic heterocycles. The van der Waals surface area contributed by atoms with Crippen molar-refractivity contribution >= 4 is 12.2 Å². The Morgan fingerprint density at radius 2 is 2.12 bits per heavy atom. The van der Waals surface area contributed by atoms with Crippen molar-refractivity contribution in [2.45, 2.75) is 13.8 Å². The lowest BCUT2D eigenvalue weighted by Gasteiger charge is -2.03. The Hall–Kier alpha value is -2.10. The molecule has 0 fully saturated rings. The van der Waals surface area contributed by atoms with Gasteiger partial charge in [0.15, 0.2) is 5.82 Å². The van der Waals surface area contributed by atoms with Crippen molar-refractivity contribution in [2.24, 2.45) is 0 Å². The molecular formula is C12H13N3O. The van der Waals surface area contributed by atoms with E-state index in [0.717, 1.165) is 11.3 Å². The number of H-pyrrole nitrogens is 1. The summed E-state index contributed by atoms with van der Waals surface area (Å²) in [5.41, 5.74) is 4.41. The lowest BCUT2D eigenvalue weighted by atomic mass is 10.0. The Labute approximate surface area is 93.7 Å². The van der Waals surface area contributed by atoms with Crippen molar-refractivity contribution < 1.29 is 4.79 Å². The van der Waals surface area contributed by atoms with E-state index in [0.29, 0.717) is 12.2 Å². The second-order valence-electron chi connectivity index (χ2n) is 3.75. The molecule has 4 nitrogen and oxygen atoms in total. The molecule has 0 spiro atoms. The van der Waals surface area contributed by atoms with Crippen LogP contribution >= 0.6 is 0 Å². The van der Waals surface area contributed by atoms with Crippen LogP contribution in [0, 0.1) is 13.8 Å². The molecule has 0 aliphatic carbocycles. The van der Waals surface area contributed by atoms with Gasteiger partial charge in [0, 0.05) is 11.6 Å². The Morgan fingerprint density at radius 3 is 2.81 bits per heavy atom. The van der Waals surface area contributed by atoms with E-state index >= 15 is 0 Å². The predicted octanol–water partition coefficient (Wildman–Crippen LogP) is 2.26. The monoisotopic (exact) mass is 215 g/mol. The van der Waals surface area contributed by atoms with Gasteiger partial charge in [-0.15, -0.1) is 0 Å². The Balaban J connectivity index is 2.38. The van der Waals surface area contributed by atoms with Gasteiger partial charge in [0.05, 0.1) is 5.69 Å². The summed E-state index contributed by atoms with van der Waals surface area (Å²) in [6.45, 7) is 4.11. The number of hydrogen-bond donors (Lipinski definition) is 2. The number of carbonyl (C=O) groups excluding carboxylic acids is 1. The maximum Gasteiger partial charge on any atom is 0.212 e. The van der Waals surface area contributed by atoms with Gasteiger partial charge in [-0.3, -0.25) is 9.89 Å². The average molecular weight is 215 g/mol. The molecule has 0 aliphatic rings. The number of aryl methyl sites for hydroxylation is 2. The van der Waals surface area contributed by atoms with E-state index in [1.807, 2.05) is 12.1 Å². The van der Waals surface area contributed by atoms with Crippen LogP contribution < -0.4 is 5.32 Å². The number of aromatic nitrogens is 2. The molecular weight excluding hydrogens is 202 g/mol. The largest absolute Gasteiger partial charge is 0.312 e. The summed E-state index contributed by atoms with van der Waals surface area (Å²) >= 11 is 0. The molecule has 0 unspecified atom stereocenters. The lowest BCUT2D eigenvalue weighted by Crippen LogP contribution is -1.92. The smallest absolute Gasteiger partial charge is 0.212 e. The number of hydrogen-bond acceptors (Lipinski definition) is 2. The zero-order valence-corrected chi connectivity index (χ0v) is 9.24. The summed E-state index contributed by atoms with van der Waals surface area (Å²) in [5, 5.41) is 9.38. The summed E-state index contributed by atoms with van der Waals surface area (Å²) < 4.78 is 0. The molecule has 2 N–H and O–H groups in total. The second kappa shape index (κ2) is 4.18. The first-order chi connectivity index (χ1) is 7.70. The normalized spacial score (nSPS) is 10.1. The molecule has 82 valence electrons. The first kappa shape index (κ1) is 10.4. The fourth-order valence-electron chi connectivity index (χ4n) is 1.71. The summed E-state index contributed by atoms with van der Waals surface area (Å²) in [6, 6.07) is 8.02. The van der Waals surface area contributed by atoms with E-state index in [1.165, 1.54) is 11.1 Å². The van der Waals surface area contributed by atoms with Crippen molar-refractivity contribution in [3.05, 3.63) is 35.4 Å². The highest BCUT2D eigenvalue weighted by molar-refractivity contribution is 5.73. The number of nitrogens with zero attached hydrogens (tertiary/aromatic N) is 1. The maximum absolute atomic E-state index is 10.3. The number of amides is 1. The molecule has 2 rings (SSSR count). The van der Waals surface area contributed by atoms with Crippen LogP contribution in [0.15, 0.2) is 24.3 Å². The van der Waals surface area contributed by atoms with E-state index in [9.17, 15) is 4.79 Å². The number of aromatic amines is 1. The fraction of sp³-hybridized carbons (Fsp3) is 0.167. The highest BCUT2D eigenvalue weighted by Gasteiger charge is 2.05. The molecule has 4 heteroatoms. The van der Waals surface area contributed by atoms with Gasteiger partial charge in [0.25, 0.3) is 0 Å². The first-order valence-electron chi connectivity index (χ1n) is 5.04. The third-order valence-corrected chi connectivity index (χ3v) is 2.46. The molecule has 1 heterocycles. The van der Waals surface area contributed by atoms with E-state index < -0.39 is 0 Å². The quantitative estimate of drug-likeness (QED) is 0.771. The number of nitrogens with one attached hydrogen (secondary N) is 2. The summed E-state index contributed by atoms with van der Waals surface area (Å²) in [4.78, 5) is 10.3. The van der Waals surface area contributed by atoms with E-state index in [-0.39, 0.29) is 0 Å². The minimum Gasteiger partial charge on any atom is -0.312 e. The van der Waals surface area contributed by atoms with Crippen LogP contribution in [0.3, 0.4) is 0 Å². The van der Waals surface area contributed by atoms with E-state index in [4.69, 9.17) is 0 Å². The van der Waals surface area contributed by atoms with Crippen LogP contribution in [0.5, 0.6) is 0 Å². The fourth-order valence-corrected chi connectivity index (χ4v) is 1.71. The summed E-state index contributed by atoms with van der Waals surface area (Å²) in [6.07, 6.45) is 0.613. The van der Waals surface area contributed by atoms with Crippen molar-refractivity contribution in [1.29, 1.82) is 0 Å². The topological polar surface area (TPSA) is 57.8 Å². The SMILES string of the molecule is Cc1ccc(-c2cc(NC=O)n[nH]2)c(C)c1. The molecule has 0 bridgehead atoms. The number of benzene rings is 1. The molecule has 0 saturated heterocycles. The van der Waals surface area contributed by atoms with Crippen LogP contribution in [0.4, 0.5) is 5.82 Å². The van der Waals surface area contributed by atoms with Crippen molar-refractivity contribution in [1.82, 2.24) is 10.2 Å². The second-order valence-corrected chi connectivity index (χ2v) is 3.75. The Morgan fingerprint density at radius 1 is 1.31 bits per heavy atom. The van der Waals surface area contributed by atoms with Crippen LogP contribution in [0.1, 0.15) is 11.1 Å². The molecule has 0 atom stereocenters. The lowest BCUT2D eigenvalue weighted by molar-refractivity contribution is -0.105. The number of anilines is 1. The highest BCUT2D eigenvalue weighted by atomic mass is 16.1. The van der Waals surface area contributed by atoms with Crippen LogP contribution in [-0.4, -0.2) is 16.6 Å². The van der Waals surface area contributed by atoms with Crippen LogP contribution in [0.25, 0.3) is 11.3 Å². The van der Waals surface area contributed by atoms with Gasteiger partial charge in [-0.1, -0.05) is 23.8 Å². The van der Waals surface area contributed by atoms with Gasteiger partial charge in [0.1, 0.15) is 0 Å².